The lowest BCUT2D eigenvalue weighted by Crippen LogP contribution is -2.14. The van der Waals surface area contributed by atoms with Crippen LogP contribution in [-0.2, 0) is 0 Å². The Morgan fingerprint density at radius 2 is 1.95 bits per heavy atom. The van der Waals surface area contributed by atoms with Crippen LogP contribution in [0.15, 0.2) is 52.4 Å². The van der Waals surface area contributed by atoms with Gasteiger partial charge in [-0.25, -0.2) is 4.98 Å². The normalized spacial score (nSPS) is 10.5. The predicted octanol–water partition coefficient (Wildman–Crippen LogP) is 3.18. The largest absolute Gasteiger partial charge is 0.300 e. The summed E-state index contributed by atoms with van der Waals surface area (Å²) in [4.78, 5) is 18.9. The third-order valence-corrected chi connectivity index (χ3v) is 3.81. The molecule has 0 aliphatic heterocycles. The molecule has 0 saturated carbocycles. The molecule has 0 bridgehead atoms. The zero-order valence-electron chi connectivity index (χ0n) is 11.3. The molecule has 0 spiro atoms. The van der Waals surface area contributed by atoms with E-state index in [0.717, 1.165) is 16.3 Å². The maximum Gasteiger partial charge on any atom is 0.270 e. The van der Waals surface area contributed by atoms with Gasteiger partial charge in [0.05, 0.1) is 5.69 Å². The van der Waals surface area contributed by atoms with E-state index in [1.165, 1.54) is 11.8 Å². The van der Waals surface area contributed by atoms with Crippen LogP contribution in [0, 0.1) is 11.3 Å². The average Bonchev–Trinajstić information content (AvgIpc) is 2.53. The molecule has 3 rings (SSSR count). The second-order valence-corrected chi connectivity index (χ2v) is 5.27. The van der Waals surface area contributed by atoms with Gasteiger partial charge in [0.15, 0.2) is 5.16 Å². The van der Waals surface area contributed by atoms with Crippen molar-refractivity contribution in [2.75, 3.05) is 6.26 Å². The van der Waals surface area contributed by atoms with Gasteiger partial charge in [-0.15, -0.1) is 0 Å². The summed E-state index contributed by atoms with van der Waals surface area (Å²) in [6, 6.07) is 15.7. The van der Waals surface area contributed by atoms with Crippen LogP contribution in [0.2, 0.25) is 0 Å². The van der Waals surface area contributed by atoms with Gasteiger partial charge in [0, 0.05) is 5.56 Å². The number of fused-ring (bicyclic) bond motifs is 1. The highest BCUT2D eigenvalue weighted by Gasteiger charge is 2.13. The van der Waals surface area contributed by atoms with Crippen LogP contribution in [0.1, 0.15) is 5.56 Å². The van der Waals surface area contributed by atoms with E-state index < -0.39 is 5.56 Å². The molecular weight excluding hydrogens is 282 g/mol. The summed E-state index contributed by atoms with van der Waals surface area (Å²) in [7, 11) is 0. The van der Waals surface area contributed by atoms with Gasteiger partial charge in [-0.3, -0.25) is 4.79 Å². The lowest BCUT2D eigenvalue weighted by atomic mass is 10.0. The van der Waals surface area contributed by atoms with E-state index in [-0.39, 0.29) is 5.56 Å². The Morgan fingerprint density at radius 1 is 1.19 bits per heavy atom. The Kier molecular flexibility index (Phi) is 3.46. The van der Waals surface area contributed by atoms with Crippen molar-refractivity contribution in [3.8, 4) is 17.3 Å². The molecule has 0 amide bonds. The van der Waals surface area contributed by atoms with Crippen LogP contribution in [0.25, 0.3) is 22.0 Å². The third kappa shape index (κ3) is 2.41. The van der Waals surface area contributed by atoms with Gasteiger partial charge in [0.2, 0.25) is 0 Å². The first-order valence-electron chi connectivity index (χ1n) is 6.30. The van der Waals surface area contributed by atoms with Gasteiger partial charge in [-0.2, -0.15) is 5.26 Å². The summed E-state index contributed by atoms with van der Waals surface area (Å²) in [5.74, 6) is 0. The third-order valence-electron chi connectivity index (χ3n) is 3.23. The first-order valence-corrected chi connectivity index (χ1v) is 7.53. The van der Waals surface area contributed by atoms with Crippen LogP contribution in [-0.4, -0.2) is 16.2 Å². The number of aromatic nitrogens is 2. The summed E-state index contributed by atoms with van der Waals surface area (Å²) in [6.07, 6.45) is 1.83. The van der Waals surface area contributed by atoms with Gasteiger partial charge in [-0.05, 0) is 23.1 Å². The van der Waals surface area contributed by atoms with Crippen molar-refractivity contribution in [2.45, 2.75) is 5.16 Å². The van der Waals surface area contributed by atoms with Crippen LogP contribution < -0.4 is 5.56 Å². The number of rotatable bonds is 2. The first-order chi connectivity index (χ1) is 10.2. The lowest BCUT2D eigenvalue weighted by Gasteiger charge is -2.06. The molecule has 102 valence electrons. The number of benzene rings is 2. The van der Waals surface area contributed by atoms with Gasteiger partial charge < -0.3 is 4.98 Å². The maximum absolute atomic E-state index is 12.0. The Balaban J connectivity index is 2.29. The number of nitrogens with one attached hydrogen (secondary N) is 1. The quantitative estimate of drug-likeness (QED) is 0.582. The number of hydrogen-bond donors (Lipinski definition) is 1. The predicted molar refractivity (Wildman–Crippen MR) is 84.3 cm³/mol. The molecular formula is C16H11N3OS. The molecule has 0 aliphatic carbocycles. The minimum Gasteiger partial charge on any atom is -0.300 e. The summed E-state index contributed by atoms with van der Waals surface area (Å²) in [5, 5.41) is 11.9. The van der Waals surface area contributed by atoms with Crippen LogP contribution in [0.3, 0.4) is 0 Å². The molecule has 0 radical (unpaired) electrons. The molecule has 21 heavy (non-hydrogen) atoms. The number of nitrogens with zero attached hydrogens (tertiary/aromatic N) is 2. The first kappa shape index (κ1) is 13.4. The van der Waals surface area contributed by atoms with Crippen molar-refractivity contribution in [1.29, 1.82) is 5.26 Å². The van der Waals surface area contributed by atoms with Crippen LogP contribution in [0.5, 0.6) is 0 Å². The van der Waals surface area contributed by atoms with Crippen LogP contribution >= 0.6 is 11.8 Å². The van der Waals surface area contributed by atoms with Crippen molar-refractivity contribution < 1.29 is 0 Å². The summed E-state index contributed by atoms with van der Waals surface area (Å²) in [5.41, 5.74) is 0.839. The van der Waals surface area contributed by atoms with Crippen LogP contribution in [0.4, 0.5) is 0 Å². The zero-order chi connectivity index (χ0) is 14.8. The van der Waals surface area contributed by atoms with Crippen molar-refractivity contribution >= 4 is 22.5 Å². The fraction of sp³-hybridized carbons (Fsp3) is 0.0625. The van der Waals surface area contributed by atoms with E-state index in [4.69, 9.17) is 0 Å². The monoisotopic (exact) mass is 293 g/mol. The van der Waals surface area contributed by atoms with Crippen molar-refractivity contribution in [1.82, 2.24) is 9.97 Å². The lowest BCUT2D eigenvalue weighted by molar-refractivity contribution is 0.938. The second-order valence-electron chi connectivity index (χ2n) is 4.47. The number of thioether (sulfide) groups is 1. The fourth-order valence-corrected chi connectivity index (χ4v) is 2.58. The van der Waals surface area contributed by atoms with E-state index in [0.29, 0.717) is 10.9 Å². The molecule has 0 atom stereocenters. The Bertz CT molecular complexity index is 925. The molecule has 0 unspecified atom stereocenters. The van der Waals surface area contributed by atoms with E-state index >= 15 is 0 Å². The number of aromatic amines is 1. The van der Waals surface area contributed by atoms with Gasteiger partial charge in [0.1, 0.15) is 11.6 Å². The Morgan fingerprint density at radius 3 is 2.67 bits per heavy atom. The van der Waals surface area contributed by atoms with Gasteiger partial charge >= 0.3 is 0 Å². The molecule has 0 fully saturated rings. The SMILES string of the molecule is CSc1nc(-c2ccc3ccccc3c2)c(C#N)c(=O)[nH]1. The number of H-pyrrole nitrogens is 1. The molecule has 0 aliphatic rings. The van der Waals surface area contributed by atoms with Crippen molar-refractivity contribution in [3.63, 3.8) is 0 Å². The average molecular weight is 293 g/mol. The summed E-state index contributed by atoms with van der Waals surface area (Å²) < 4.78 is 0. The zero-order valence-corrected chi connectivity index (χ0v) is 12.1. The van der Waals surface area contributed by atoms with E-state index in [9.17, 15) is 10.1 Å². The van der Waals surface area contributed by atoms with E-state index in [1.807, 2.05) is 54.8 Å². The minimum atomic E-state index is -0.403. The molecule has 4 nitrogen and oxygen atoms in total. The maximum atomic E-state index is 12.0. The van der Waals surface area contributed by atoms with Gasteiger partial charge in [-0.1, -0.05) is 48.2 Å². The fourth-order valence-electron chi connectivity index (χ4n) is 2.20. The molecule has 3 aromatic rings. The number of hydrogen-bond acceptors (Lipinski definition) is 4. The highest BCUT2D eigenvalue weighted by Crippen LogP contribution is 2.25. The minimum absolute atomic E-state index is 0.0445. The standard InChI is InChI=1S/C16H11N3OS/c1-21-16-18-14(13(9-17)15(20)19-16)12-7-6-10-4-2-3-5-11(10)8-12/h2-8H,1H3,(H,18,19,20). The molecule has 1 heterocycles. The van der Waals surface area contributed by atoms with Crippen molar-refractivity contribution in [2.24, 2.45) is 0 Å². The van der Waals surface area contributed by atoms with Crippen molar-refractivity contribution in [3.05, 3.63) is 58.4 Å². The Labute approximate surface area is 125 Å². The molecule has 0 saturated heterocycles. The molecule has 1 N–H and O–H groups in total. The molecule has 5 heteroatoms. The molecule has 1 aromatic heterocycles. The Hall–Kier alpha value is -2.58. The highest BCUT2D eigenvalue weighted by atomic mass is 32.2. The van der Waals surface area contributed by atoms with E-state index in [2.05, 4.69) is 9.97 Å². The summed E-state index contributed by atoms with van der Waals surface area (Å²) >= 11 is 1.34. The summed E-state index contributed by atoms with van der Waals surface area (Å²) in [6.45, 7) is 0. The second kappa shape index (κ2) is 5.43. The van der Waals surface area contributed by atoms with E-state index in [1.54, 1.807) is 0 Å². The molecule has 2 aromatic carbocycles. The van der Waals surface area contributed by atoms with Gasteiger partial charge in [0.25, 0.3) is 5.56 Å². The highest BCUT2D eigenvalue weighted by molar-refractivity contribution is 7.98. The smallest absolute Gasteiger partial charge is 0.270 e. The topological polar surface area (TPSA) is 69.5 Å². The number of nitriles is 1.